The van der Waals surface area contributed by atoms with Crippen LogP contribution in [0, 0.1) is 5.92 Å². The summed E-state index contributed by atoms with van der Waals surface area (Å²) in [5.74, 6) is 0.463. The normalized spacial score (nSPS) is 19.4. The van der Waals surface area contributed by atoms with Gasteiger partial charge in [0.15, 0.2) is 0 Å². The van der Waals surface area contributed by atoms with Gasteiger partial charge in [-0.3, -0.25) is 9.69 Å². The third-order valence-corrected chi connectivity index (χ3v) is 4.95. The second-order valence-corrected chi connectivity index (χ2v) is 7.19. The highest BCUT2D eigenvalue weighted by molar-refractivity contribution is 6.43. The van der Waals surface area contributed by atoms with Crippen molar-refractivity contribution in [2.24, 2.45) is 5.92 Å². The zero-order valence-corrected chi connectivity index (χ0v) is 15.1. The molecule has 0 spiro atoms. The largest absolute Gasteiger partial charge is 0.396 e. The summed E-state index contributed by atoms with van der Waals surface area (Å²) in [5, 5.41) is 10.0. The molecule has 2 rings (SSSR count). The quantitative estimate of drug-likeness (QED) is 0.878. The summed E-state index contributed by atoms with van der Waals surface area (Å²) in [7, 11) is 0. The molecule has 0 radical (unpaired) electrons. The molecule has 0 aromatic heterocycles. The maximum absolute atomic E-state index is 12.8. The van der Waals surface area contributed by atoms with Gasteiger partial charge in [-0.25, -0.2) is 0 Å². The Bertz CT molecular complexity index is 551. The fraction of sp³-hybridized carbons (Fsp3) is 0.588. The first kappa shape index (κ1) is 18.5. The van der Waals surface area contributed by atoms with Gasteiger partial charge >= 0.3 is 0 Å². The van der Waals surface area contributed by atoms with Crippen LogP contribution in [0.5, 0.6) is 0 Å². The standard InChI is InChI=1S/C17H24Cl2N2O2/c1-12(2)10-20-7-8-21(11-13(20)6-9-22)17(23)14-4-3-5-15(18)16(14)19/h3-5,12-13,22H,6-11H2,1-2H3. The van der Waals surface area contributed by atoms with E-state index < -0.39 is 0 Å². The summed E-state index contributed by atoms with van der Waals surface area (Å²) in [4.78, 5) is 16.9. The molecule has 1 heterocycles. The fourth-order valence-electron chi connectivity index (χ4n) is 3.05. The van der Waals surface area contributed by atoms with Crippen molar-refractivity contribution in [1.29, 1.82) is 0 Å². The molecule has 0 bridgehead atoms. The van der Waals surface area contributed by atoms with Crippen LogP contribution in [-0.4, -0.2) is 59.6 Å². The van der Waals surface area contributed by atoms with E-state index in [4.69, 9.17) is 23.2 Å². The van der Waals surface area contributed by atoms with Gasteiger partial charge in [-0.05, 0) is 24.5 Å². The van der Waals surface area contributed by atoms with Crippen molar-refractivity contribution in [3.8, 4) is 0 Å². The maximum atomic E-state index is 12.8. The molecule has 4 nitrogen and oxygen atoms in total. The Kier molecular flexibility index (Phi) is 6.72. The number of carbonyl (C=O) groups excluding carboxylic acids is 1. The average Bonchev–Trinajstić information content (AvgIpc) is 2.51. The highest BCUT2D eigenvalue weighted by Crippen LogP contribution is 2.27. The molecule has 1 saturated heterocycles. The number of amides is 1. The topological polar surface area (TPSA) is 43.8 Å². The van der Waals surface area contributed by atoms with Crippen molar-refractivity contribution >= 4 is 29.1 Å². The minimum atomic E-state index is -0.0929. The van der Waals surface area contributed by atoms with Crippen LogP contribution >= 0.6 is 23.2 Å². The first-order chi connectivity index (χ1) is 10.9. The summed E-state index contributed by atoms with van der Waals surface area (Å²) in [6.45, 7) is 7.54. The molecule has 6 heteroatoms. The summed E-state index contributed by atoms with van der Waals surface area (Å²) < 4.78 is 0. The number of rotatable bonds is 5. The number of halogens is 2. The smallest absolute Gasteiger partial charge is 0.255 e. The number of aliphatic hydroxyl groups excluding tert-OH is 1. The van der Waals surface area contributed by atoms with E-state index in [-0.39, 0.29) is 18.6 Å². The van der Waals surface area contributed by atoms with Gasteiger partial charge in [0.2, 0.25) is 0 Å². The van der Waals surface area contributed by atoms with Crippen LogP contribution in [0.4, 0.5) is 0 Å². The van der Waals surface area contributed by atoms with Crippen LogP contribution in [0.15, 0.2) is 18.2 Å². The van der Waals surface area contributed by atoms with Gasteiger partial charge in [0, 0.05) is 38.8 Å². The zero-order chi connectivity index (χ0) is 17.0. The third kappa shape index (κ3) is 4.60. The van der Waals surface area contributed by atoms with Gasteiger partial charge in [0.25, 0.3) is 5.91 Å². The molecule has 0 saturated carbocycles. The Morgan fingerprint density at radius 3 is 2.74 bits per heavy atom. The zero-order valence-electron chi connectivity index (χ0n) is 13.6. The molecule has 1 aromatic carbocycles. The lowest BCUT2D eigenvalue weighted by Crippen LogP contribution is -2.55. The highest BCUT2D eigenvalue weighted by Gasteiger charge is 2.30. The van der Waals surface area contributed by atoms with Crippen molar-refractivity contribution in [1.82, 2.24) is 9.80 Å². The molecule has 1 fully saturated rings. The number of hydrogen-bond acceptors (Lipinski definition) is 3. The molecule has 23 heavy (non-hydrogen) atoms. The monoisotopic (exact) mass is 358 g/mol. The number of hydrogen-bond donors (Lipinski definition) is 1. The number of carbonyl (C=O) groups is 1. The molecule has 1 aromatic rings. The van der Waals surface area contributed by atoms with Crippen LogP contribution in [0.3, 0.4) is 0 Å². The van der Waals surface area contributed by atoms with Crippen molar-refractivity contribution in [2.45, 2.75) is 26.3 Å². The van der Waals surface area contributed by atoms with Gasteiger partial charge in [-0.1, -0.05) is 43.1 Å². The summed E-state index contributed by atoms with van der Waals surface area (Å²) in [6, 6.07) is 5.30. The number of aliphatic hydroxyl groups is 1. The highest BCUT2D eigenvalue weighted by atomic mass is 35.5. The lowest BCUT2D eigenvalue weighted by molar-refractivity contribution is 0.0385. The van der Waals surface area contributed by atoms with E-state index in [2.05, 4.69) is 18.7 Å². The van der Waals surface area contributed by atoms with E-state index in [0.717, 1.165) is 13.1 Å². The van der Waals surface area contributed by atoms with Crippen LogP contribution < -0.4 is 0 Å². The Labute approximate surface area is 148 Å². The molecule has 0 aliphatic carbocycles. The molecule has 1 aliphatic heterocycles. The molecular formula is C17H24Cl2N2O2. The predicted molar refractivity (Wildman–Crippen MR) is 94.3 cm³/mol. The molecular weight excluding hydrogens is 335 g/mol. The first-order valence-corrected chi connectivity index (χ1v) is 8.77. The lowest BCUT2D eigenvalue weighted by Gasteiger charge is -2.42. The number of benzene rings is 1. The van der Waals surface area contributed by atoms with Gasteiger partial charge in [-0.2, -0.15) is 0 Å². The van der Waals surface area contributed by atoms with Crippen LogP contribution in [-0.2, 0) is 0 Å². The first-order valence-electron chi connectivity index (χ1n) is 8.02. The summed E-state index contributed by atoms with van der Waals surface area (Å²) in [5.41, 5.74) is 0.444. The van der Waals surface area contributed by atoms with Crippen molar-refractivity contribution in [3.05, 3.63) is 33.8 Å². The lowest BCUT2D eigenvalue weighted by atomic mass is 10.0. The van der Waals surface area contributed by atoms with Crippen molar-refractivity contribution < 1.29 is 9.90 Å². The SMILES string of the molecule is CC(C)CN1CCN(C(=O)c2cccc(Cl)c2Cl)CC1CCO. The molecule has 1 aliphatic rings. The van der Waals surface area contributed by atoms with E-state index in [1.54, 1.807) is 18.2 Å². The van der Waals surface area contributed by atoms with Gasteiger partial charge in [0.05, 0.1) is 15.6 Å². The second-order valence-electron chi connectivity index (χ2n) is 6.41. The Morgan fingerprint density at radius 2 is 2.09 bits per heavy atom. The van der Waals surface area contributed by atoms with Crippen LogP contribution in [0.2, 0.25) is 10.0 Å². The predicted octanol–water partition coefficient (Wildman–Crippen LogP) is 3.16. The molecule has 1 amide bonds. The molecule has 1 atom stereocenters. The van der Waals surface area contributed by atoms with Gasteiger partial charge in [-0.15, -0.1) is 0 Å². The van der Waals surface area contributed by atoms with Crippen molar-refractivity contribution in [2.75, 3.05) is 32.8 Å². The number of nitrogens with zero attached hydrogens (tertiary/aromatic N) is 2. The van der Waals surface area contributed by atoms with Crippen molar-refractivity contribution in [3.63, 3.8) is 0 Å². The number of piperazine rings is 1. The summed E-state index contributed by atoms with van der Waals surface area (Å²) >= 11 is 12.2. The van der Waals surface area contributed by atoms with E-state index in [9.17, 15) is 9.90 Å². The maximum Gasteiger partial charge on any atom is 0.255 e. The van der Waals surface area contributed by atoms with Crippen LogP contribution in [0.1, 0.15) is 30.6 Å². The fourth-order valence-corrected chi connectivity index (χ4v) is 3.43. The second kappa shape index (κ2) is 8.34. The molecule has 128 valence electrons. The van der Waals surface area contributed by atoms with E-state index >= 15 is 0 Å². The minimum Gasteiger partial charge on any atom is -0.396 e. The third-order valence-electron chi connectivity index (χ3n) is 4.14. The Balaban J connectivity index is 2.12. The summed E-state index contributed by atoms with van der Waals surface area (Å²) in [6.07, 6.45) is 0.666. The van der Waals surface area contributed by atoms with Crippen LogP contribution in [0.25, 0.3) is 0 Å². The minimum absolute atomic E-state index is 0.0929. The Morgan fingerprint density at radius 1 is 1.35 bits per heavy atom. The van der Waals surface area contributed by atoms with E-state index in [1.807, 2.05) is 4.90 Å². The van der Waals surface area contributed by atoms with E-state index in [1.165, 1.54) is 0 Å². The Hall–Kier alpha value is -0.810. The van der Waals surface area contributed by atoms with Gasteiger partial charge in [0.1, 0.15) is 0 Å². The van der Waals surface area contributed by atoms with Gasteiger partial charge < -0.3 is 10.0 Å². The molecule has 1 unspecified atom stereocenters. The average molecular weight is 359 g/mol. The van der Waals surface area contributed by atoms with E-state index in [0.29, 0.717) is 41.0 Å². The molecule has 1 N–H and O–H groups in total.